The number of hydrogen-bond acceptors (Lipinski definition) is 7. The predicted octanol–water partition coefficient (Wildman–Crippen LogP) is 2.15. The highest BCUT2D eigenvalue weighted by Crippen LogP contribution is 2.25. The lowest BCUT2D eigenvalue weighted by atomic mass is 9.99. The van der Waals surface area contributed by atoms with Crippen LogP contribution in [0.25, 0.3) is 0 Å². The van der Waals surface area contributed by atoms with E-state index in [9.17, 15) is 9.90 Å². The van der Waals surface area contributed by atoms with Gasteiger partial charge in [-0.1, -0.05) is 0 Å². The monoisotopic (exact) mass is 401 g/mol. The van der Waals surface area contributed by atoms with Crippen LogP contribution >= 0.6 is 11.3 Å². The van der Waals surface area contributed by atoms with Gasteiger partial charge in [-0.2, -0.15) is 11.3 Å². The molecule has 4 rings (SSSR count). The van der Waals surface area contributed by atoms with Gasteiger partial charge in [0.15, 0.2) is 0 Å². The fourth-order valence-electron chi connectivity index (χ4n) is 4.02. The summed E-state index contributed by atoms with van der Waals surface area (Å²) in [6.07, 6.45) is 5.62. The molecule has 7 nitrogen and oxygen atoms in total. The molecule has 2 fully saturated rings. The van der Waals surface area contributed by atoms with E-state index in [1.807, 2.05) is 16.8 Å². The third-order valence-corrected chi connectivity index (χ3v) is 6.36. The summed E-state index contributed by atoms with van der Waals surface area (Å²) in [5.74, 6) is 2.23. The van der Waals surface area contributed by atoms with Crippen LogP contribution in [0.2, 0.25) is 0 Å². The summed E-state index contributed by atoms with van der Waals surface area (Å²) >= 11 is 1.54. The zero-order valence-electron chi connectivity index (χ0n) is 16.0. The van der Waals surface area contributed by atoms with Gasteiger partial charge in [-0.3, -0.25) is 4.79 Å². The molecule has 1 amide bonds. The first-order valence-electron chi connectivity index (χ1n) is 9.99. The molecule has 150 valence electrons. The number of carbonyl (C=O) groups is 1. The van der Waals surface area contributed by atoms with E-state index in [2.05, 4.69) is 31.2 Å². The Kier molecular flexibility index (Phi) is 6.07. The van der Waals surface area contributed by atoms with E-state index in [0.717, 1.165) is 69.1 Å². The lowest BCUT2D eigenvalue weighted by Gasteiger charge is -2.35. The van der Waals surface area contributed by atoms with Crippen molar-refractivity contribution in [1.82, 2.24) is 15.3 Å². The van der Waals surface area contributed by atoms with Crippen LogP contribution in [0.3, 0.4) is 0 Å². The van der Waals surface area contributed by atoms with E-state index in [1.165, 1.54) is 0 Å². The van der Waals surface area contributed by atoms with Gasteiger partial charge in [0.1, 0.15) is 18.0 Å². The molecule has 2 aromatic rings. The minimum absolute atomic E-state index is 0.0209. The molecule has 0 spiro atoms. The van der Waals surface area contributed by atoms with Crippen molar-refractivity contribution < 1.29 is 9.90 Å². The Bertz CT molecular complexity index is 777. The Labute approximate surface area is 169 Å². The Balaban J connectivity index is 1.34. The number of rotatable bonds is 5. The number of aromatic nitrogens is 2. The smallest absolute Gasteiger partial charge is 0.252 e. The lowest BCUT2D eigenvalue weighted by molar-refractivity contribution is 0.0931. The highest BCUT2D eigenvalue weighted by atomic mass is 32.1. The maximum Gasteiger partial charge on any atom is 0.252 e. The number of nitrogens with zero attached hydrogens (tertiary/aromatic N) is 4. The van der Waals surface area contributed by atoms with Crippen molar-refractivity contribution in [2.24, 2.45) is 5.92 Å². The maximum absolute atomic E-state index is 12.2. The van der Waals surface area contributed by atoms with E-state index in [0.29, 0.717) is 5.92 Å². The molecule has 2 saturated heterocycles. The highest BCUT2D eigenvalue weighted by molar-refractivity contribution is 7.08. The minimum atomic E-state index is 0.0209. The molecule has 1 unspecified atom stereocenters. The molecule has 2 N–H and O–H groups in total. The molecule has 2 aliphatic heterocycles. The molecule has 0 radical (unpaired) electrons. The lowest BCUT2D eigenvalue weighted by Crippen LogP contribution is -2.45. The van der Waals surface area contributed by atoms with Crippen LogP contribution in [0.4, 0.5) is 11.6 Å². The van der Waals surface area contributed by atoms with Gasteiger partial charge in [-0.15, -0.1) is 0 Å². The Hall–Kier alpha value is -2.19. The molecule has 2 aliphatic rings. The highest BCUT2D eigenvalue weighted by Gasteiger charge is 2.24. The summed E-state index contributed by atoms with van der Waals surface area (Å²) in [6, 6.07) is 4.13. The SMILES string of the molecule is O=C(NC1CCN(c2cc(N3CCCC(CO)C3)ncn2)CC1)c1ccsc1. The predicted molar refractivity (Wildman–Crippen MR) is 111 cm³/mol. The molecule has 0 saturated carbocycles. The number of thiophene rings is 1. The van der Waals surface area contributed by atoms with Crippen molar-refractivity contribution in [1.29, 1.82) is 0 Å². The molecular weight excluding hydrogens is 374 g/mol. The second kappa shape index (κ2) is 8.87. The number of hydrogen-bond donors (Lipinski definition) is 2. The van der Waals surface area contributed by atoms with Crippen molar-refractivity contribution in [3.05, 3.63) is 34.8 Å². The van der Waals surface area contributed by atoms with Gasteiger partial charge in [0.25, 0.3) is 5.91 Å². The molecule has 8 heteroatoms. The van der Waals surface area contributed by atoms with Crippen LogP contribution in [0.5, 0.6) is 0 Å². The normalized spacial score (nSPS) is 21.0. The van der Waals surface area contributed by atoms with Gasteiger partial charge in [0.05, 0.1) is 0 Å². The summed E-state index contributed by atoms with van der Waals surface area (Å²) in [5.41, 5.74) is 0.746. The fourth-order valence-corrected chi connectivity index (χ4v) is 4.66. The van der Waals surface area contributed by atoms with E-state index < -0.39 is 0 Å². The molecule has 2 aromatic heterocycles. The number of aliphatic hydroxyl groups is 1. The van der Waals surface area contributed by atoms with E-state index in [1.54, 1.807) is 17.7 Å². The van der Waals surface area contributed by atoms with Crippen LogP contribution < -0.4 is 15.1 Å². The van der Waals surface area contributed by atoms with E-state index >= 15 is 0 Å². The van der Waals surface area contributed by atoms with Crippen LogP contribution in [-0.2, 0) is 0 Å². The van der Waals surface area contributed by atoms with Crippen molar-refractivity contribution >= 4 is 28.9 Å². The standard InChI is InChI=1S/C20H27N5O2S/c26-12-15-2-1-6-25(11-15)19-10-18(21-14-22-19)24-7-3-17(4-8-24)23-20(27)16-5-9-28-13-16/h5,9-10,13-15,17,26H,1-4,6-8,11-12H2,(H,23,27). The fraction of sp³-hybridized carbons (Fsp3) is 0.550. The number of piperidine rings is 2. The average Bonchev–Trinajstić information content (AvgIpc) is 3.30. The van der Waals surface area contributed by atoms with Gasteiger partial charge in [-0.25, -0.2) is 9.97 Å². The number of nitrogens with one attached hydrogen (secondary N) is 1. The third kappa shape index (κ3) is 4.44. The summed E-state index contributed by atoms with van der Waals surface area (Å²) in [6.45, 7) is 3.79. The number of carbonyl (C=O) groups excluding carboxylic acids is 1. The van der Waals surface area contributed by atoms with Crippen LogP contribution in [-0.4, -0.2) is 59.8 Å². The Morgan fingerprint density at radius 2 is 1.96 bits per heavy atom. The van der Waals surface area contributed by atoms with Crippen LogP contribution in [0, 0.1) is 5.92 Å². The molecule has 4 heterocycles. The first-order valence-corrected chi connectivity index (χ1v) is 10.9. The van der Waals surface area contributed by atoms with Crippen molar-refractivity contribution in [2.45, 2.75) is 31.7 Å². The van der Waals surface area contributed by atoms with Crippen LogP contribution in [0.1, 0.15) is 36.0 Å². The third-order valence-electron chi connectivity index (χ3n) is 5.68. The topological polar surface area (TPSA) is 81.6 Å². The number of anilines is 2. The quantitative estimate of drug-likeness (QED) is 0.799. The van der Waals surface area contributed by atoms with E-state index in [4.69, 9.17) is 0 Å². The molecule has 28 heavy (non-hydrogen) atoms. The second-order valence-corrected chi connectivity index (χ2v) is 8.40. The second-order valence-electron chi connectivity index (χ2n) is 7.62. The summed E-state index contributed by atoms with van der Waals surface area (Å²) in [5, 5.41) is 16.4. The Morgan fingerprint density at radius 3 is 2.68 bits per heavy atom. The minimum Gasteiger partial charge on any atom is -0.396 e. The van der Waals surface area contributed by atoms with Crippen molar-refractivity contribution in [2.75, 3.05) is 42.6 Å². The largest absolute Gasteiger partial charge is 0.396 e. The van der Waals surface area contributed by atoms with Crippen molar-refractivity contribution in [3.8, 4) is 0 Å². The van der Waals surface area contributed by atoms with Gasteiger partial charge in [0.2, 0.25) is 0 Å². The molecule has 0 aliphatic carbocycles. The zero-order chi connectivity index (χ0) is 19.3. The maximum atomic E-state index is 12.2. The van der Waals surface area contributed by atoms with Crippen LogP contribution in [0.15, 0.2) is 29.2 Å². The van der Waals surface area contributed by atoms with Crippen molar-refractivity contribution in [3.63, 3.8) is 0 Å². The van der Waals surface area contributed by atoms with Gasteiger partial charge in [0, 0.05) is 55.8 Å². The molecular formula is C20H27N5O2S. The molecule has 0 bridgehead atoms. The van der Waals surface area contributed by atoms with Gasteiger partial charge >= 0.3 is 0 Å². The van der Waals surface area contributed by atoms with Gasteiger partial charge in [-0.05, 0) is 43.0 Å². The Morgan fingerprint density at radius 1 is 1.18 bits per heavy atom. The summed E-state index contributed by atoms with van der Waals surface area (Å²) < 4.78 is 0. The first kappa shape index (κ1) is 19.1. The summed E-state index contributed by atoms with van der Waals surface area (Å²) in [7, 11) is 0. The number of aliphatic hydroxyl groups excluding tert-OH is 1. The van der Waals surface area contributed by atoms with Gasteiger partial charge < -0.3 is 20.2 Å². The zero-order valence-corrected chi connectivity index (χ0v) is 16.8. The summed E-state index contributed by atoms with van der Waals surface area (Å²) in [4.78, 5) is 25.7. The number of amides is 1. The van der Waals surface area contributed by atoms with E-state index in [-0.39, 0.29) is 18.6 Å². The molecule has 0 aromatic carbocycles. The first-order chi connectivity index (χ1) is 13.7. The molecule has 1 atom stereocenters. The average molecular weight is 402 g/mol.